The number of nitrogens with two attached hydrogens (primary N) is 1. The fourth-order valence-corrected chi connectivity index (χ4v) is 3.71. The van der Waals surface area contributed by atoms with Crippen LogP contribution in [0.1, 0.15) is 33.3 Å². The average Bonchev–Trinajstić information content (AvgIpc) is 2.40. The van der Waals surface area contributed by atoms with Gasteiger partial charge in [-0.15, -0.1) is 0 Å². The van der Waals surface area contributed by atoms with Crippen LogP contribution in [-0.2, 0) is 6.54 Å². The highest BCUT2D eigenvalue weighted by molar-refractivity contribution is 5.14. The van der Waals surface area contributed by atoms with Crippen LogP contribution in [0.3, 0.4) is 0 Å². The molecule has 21 heavy (non-hydrogen) atoms. The zero-order valence-electron chi connectivity index (χ0n) is 14.0. The van der Waals surface area contributed by atoms with Crippen LogP contribution < -0.4 is 5.73 Å². The number of hydrogen-bond donors (Lipinski definition) is 1. The normalized spacial score (nSPS) is 21.2. The quantitative estimate of drug-likeness (QED) is 0.924. The summed E-state index contributed by atoms with van der Waals surface area (Å²) in [5, 5.41) is 0. The maximum absolute atomic E-state index is 6.26. The summed E-state index contributed by atoms with van der Waals surface area (Å²) in [6.45, 7) is 14.6. The second-order valence-electron chi connectivity index (χ2n) is 7.47. The monoisotopic (exact) mass is 289 g/mol. The fourth-order valence-electron chi connectivity index (χ4n) is 3.71. The van der Waals surface area contributed by atoms with Gasteiger partial charge in [-0.25, -0.2) is 0 Å². The van der Waals surface area contributed by atoms with E-state index in [9.17, 15) is 0 Å². The minimum Gasteiger partial charge on any atom is -0.327 e. The summed E-state index contributed by atoms with van der Waals surface area (Å²) in [5.74, 6) is 0. The smallest absolute Gasteiger partial charge is 0.0293 e. The Morgan fingerprint density at radius 1 is 1.05 bits per heavy atom. The molecule has 1 aliphatic rings. The summed E-state index contributed by atoms with van der Waals surface area (Å²) in [4.78, 5) is 5.14. The van der Waals surface area contributed by atoms with Crippen molar-refractivity contribution in [2.75, 3.05) is 26.2 Å². The van der Waals surface area contributed by atoms with Crippen molar-refractivity contribution in [2.24, 2.45) is 11.1 Å². The van der Waals surface area contributed by atoms with Gasteiger partial charge in [0.15, 0.2) is 0 Å². The molecule has 0 radical (unpaired) electrons. The second-order valence-corrected chi connectivity index (χ2v) is 7.47. The van der Waals surface area contributed by atoms with Gasteiger partial charge in [-0.05, 0) is 17.9 Å². The summed E-state index contributed by atoms with van der Waals surface area (Å²) < 4.78 is 0. The molecule has 2 N–H and O–H groups in total. The summed E-state index contributed by atoms with van der Waals surface area (Å²) >= 11 is 0. The number of rotatable bonds is 4. The van der Waals surface area contributed by atoms with E-state index >= 15 is 0 Å². The molecular formula is C18H31N3. The van der Waals surface area contributed by atoms with Gasteiger partial charge >= 0.3 is 0 Å². The molecule has 1 heterocycles. The van der Waals surface area contributed by atoms with Gasteiger partial charge in [-0.1, -0.05) is 51.1 Å². The van der Waals surface area contributed by atoms with E-state index in [4.69, 9.17) is 5.73 Å². The van der Waals surface area contributed by atoms with Gasteiger partial charge in [0, 0.05) is 44.8 Å². The lowest BCUT2D eigenvalue weighted by molar-refractivity contribution is 0.0324. The lowest BCUT2D eigenvalue weighted by Crippen LogP contribution is -2.59. The van der Waals surface area contributed by atoms with E-state index in [-0.39, 0.29) is 11.5 Å². The van der Waals surface area contributed by atoms with Crippen LogP contribution >= 0.6 is 0 Å². The molecule has 2 atom stereocenters. The van der Waals surface area contributed by atoms with Crippen molar-refractivity contribution in [1.82, 2.24) is 9.80 Å². The average molecular weight is 289 g/mol. The maximum atomic E-state index is 6.26. The first-order valence-electron chi connectivity index (χ1n) is 8.14. The maximum Gasteiger partial charge on any atom is 0.0293 e. The van der Waals surface area contributed by atoms with Gasteiger partial charge in [0.2, 0.25) is 0 Å². The van der Waals surface area contributed by atoms with Crippen LogP contribution in [-0.4, -0.2) is 48.1 Å². The van der Waals surface area contributed by atoms with E-state index in [0.29, 0.717) is 6.04 Å². The summed E-state index contributed by atoms with van der Waals surface area (Å²) in [7, 11) is 0. The number of nitrogens with zero attached hydrogens (tertiary/aromatic N) is 2. The summed E-state index contributed by atoms with van der Waals surface area (Å²) in [5.41, 5.74) is 7.90. The molecule has 1 aromatic carbocycles. The lowest BCUT2D eigenvalue weighted by Gasteiger charge is -2.46. The highest BCUT2D eigenvalue weighted by Gasteiger charge is 2.34. The molecule has 118 valence electrons. The Kier molecular flexibility index (Phi) is 5.42. The lowest BCUT2D eigenvalue weighted by atomic mass is 9.81. The highest BCUT2D eigenvalue weighted by Crippen LogP contribution is 2.27. The number of piperazine rings is 1. The Morgan fingerprint density at radius 2 is 1.62 bits per heavy atom. The third-order valence-corrected chi connectivity index (χ3v) is 4.43. The Balaban J connectivity index is 1.90. The predicted octanol–water partition coefficient (Wildman–Crippen LogP) is 2.57. The Labute approximate surface area is 130 Å². The predicted molar refractivity (Wildman–Crippen MR) is 90.2 cm³/mol. The van der Waals surface area contributed by atoms with Crippen LogP contribution in [0.2, 0.25) is 0 Å². The first-order valence-corrected chi connectivity index (χ1v) is 8.14. The van der Waals surface area contributed by atoms with Crippen molar-refractivity contribution in [1.29, 1.82) is 0 Å². The highest BCUT2D eigenvalue weighted by atomic mass is 15.3. The van der Waals surface area contributed by atoms with E-state index < -0.39 is 0 Å². The first kappa shape index (κ1) is 16.5. The van der Waals surface area contributed by atoms with Crippen LogP contribution in [0, 0.1) is 5.41 Å². The van der Waals surface area contributed by atoms with Gasteiger partial charge in [0.25, 0.3) is 0 Å². The second kappa shape index (κ2) is 6.91. The van der Waals surface area contributed by atoms with Crippen LogP contribution in [0.15, 0.2) is 30.3 Å². The van der Waals surface area contributed by atoms with Gasteiger partial charge in [-0.3, -0.25) is 9.80 Å². The zero-order valence-corrected chi connectivity index (χ0v) is 14.0. The summed E-state index contributed by atoms with van der Waals surface area (Å²) in [6.07, 6.45) is 0. The number of hydrogen-bond acceptors (Lipinski definition) is 3. The molecule has 2 unspecified atom stereocenters. The van der Waals surface area contributed by atoms with Gasteiger partial charge < -0.3 is 5.73 Å². The molecule has 2 rings (SSSR count). The van der Waals surface area contributed by atoms with E-state index in [1.807, 2.05) is 0 Å². The van der Waals surface area contributed by atoms with Crippen LogP contribution in [0.25, 0.3) is 0 Å². The molecule has 3 nitrogen and oxygen atoms in total. The SMILES string of the molecule is CC(N)C(N1CCN(Cc2ccccc2)CC1)C(C)(C)C. The molecule has 1 aromatic rings. The molecule has 0 aliphatic carbocycles. The summed E-state index contributed by atoms with van der Waals surface area (Å²) in [6, 6.07) is 11.4. The van der Waals surface area contributed by atoms with Gasteiger partial charge in [-0.2, -0.15) is 0 Å². The van der Waals surface area contributed by atoms with Crippen molar-refractivity contribution in [3.8, 4) is 0 Å². The van der Waals surface area contributed by atoms with Crippen molar-refractivity contribution in [3.05, 3.63) is 35.9 Å². The molecular weight excluding hydrogens is 258 g/mol. The van der Waals surface area contributed by atoms with E-state index in [2.05, 4.69) is 67.8 Å². The Hall–Kier alpha value is -0.900. The molecule has 1 fully saturated rings. The standard InChI is InChI=1S/C18H31N3/c1-15(19)17(18(2,3)4)21-12-10-20(11-13-21)14-16-8-6-5-7-9-16/h5-9,15,17H,10-14,19H2,1-4H3. The largest absolute Gasteiger partial charge is 0.327 e. The molecule has 3 heteroatoms. The van der Waals surface area contributed by atoms with Gasteiger partial charge in [0.05, 0.1) is 0 Å². The fraction of sp³-hybridized carbons (Fsp3) is 0.667. The minimum absolute atomic E-state index is 0.214. The van der Waals surface area contributed by atoms with Crippen molar-refractivity contribution in [2.45, 2.75) is 46.3 Å². The minimum atomic E-state index is 0.214. The molecule has 0 bridgehead atoms. The third kappa shape index (κ3) is 4.53. The van der Waals surface area contributed by atoms with Gasteiger partial charge in [0.1, 0.15) is 0 Å². The van der Waals surface area contributed by atoms with E-state index in [0.717, 1.165) is 32.7 Å². The molecule has 1 aliphatic heterocycles. The third-order valence-electron chi connectivity index (χ3n) is 4.43. The molecule has 0 spiro atoms. The van der Waals surface area contributed by atoms with Crippen molar-refractivity contribution >= 4 is 0 Å². The first-order chi connectivity index (χ1) is 9.88. The van der Waals surface area contributed by atoms with Crippen LogP contribution in [0.4, 0.5) is 0 Å². The van der Waals surface area contributed by atoms with E-state index in [1.54, 1.807) is 0 Å². The topological polar surface area (TPSA) is 32.5 Å². The van der Waals surface area contributed by atoms with Crippen molar-refractivity contribution in [3.63, 3.8) is 0 Å². The molecule has 1 saturated heterocycles. The molecule has 0 amide bonds. The van der Waals surface area contributed by atoms with E-state index in [1.165, 1.54) is 5.56 Å². The van der Waals surface area contributed by atoms with Crippen LogP contribution in [0.5, 0.6) is 0 Å². The molecule has 0 saturated carbocycles. The number of benzene rings is 1. The molecule has 0 aromatic heterocycles. The Bertz CT molecular complexity index is 414. The zero-order chi connectivity index (χ0) is 15.5. The Morgan fingerprint density at radius 3 is 2.10 bits per heavy atom. The van der Waals surface area contributed by atoms with Crippen molar-refractivity contribution < 1.29 is 0 Å².